The van der Waals surface area contributed by atoms with E-state index in [0.717, 1.165) is 5.39 Å². The first-order valence-corrected chi connectivity index (χ1v) is 6.21. The molecule has 3 rings (SSSR count). The van der Waals surface area contributed by atoms with Gasteiger partial charge in [0.05, 0.1) is 5.52 Å². The van der Waals surface area contributed by atoms with Crippen LogP contribution in [0.25, 0.3) is 10.9 Å². The number of anilines is 1. The molecular weight excluding hydrogens is 260 g/mol. The van der Waals surface area contributed by atoms with Gasteiger partial charge in [-0.25, -0.2) is 9.78 Å². The van der Waals surface area contributed by atoms with Crippen molar-refractivity contribution in [2.45, 2.75) is 0 Å². The largest absolute Gasteiger partial charge is 0.486 e. The maximum absolute atomic E-state index is 11.3. The van der Waals surface area contributed by atoms with Crippen molar-refractivity contribution in [1.29, 1.82) is 0 Å². The van der Waals surface area contributed by atoms with Crippen LogP contribution in [0.1, 0.15) is 10.4 Å². The van der Waals surface area contributed by atoms with E-state index in [4.69, 9.17) is 9.47 Å². The molecule has 0 atom stereocenters. The summed E-state index contributed by atoms with van der Waals surface area (Å²) >= 11 is 0. The lowest BCUT2D eigenvalue weighted by Crippen LogP contribution is -2.17. The molecule has 1 aromatic carbocycles. The zero-order valence-corrected chi connectivity index (χ0v) is 11.2. The second-order valence-corrected chi connectivity index (χ2v) is 4.75. The molecule has 0 saturated carbocycles. The summed E-state index contributed by atoms with van der Waals surface area (Å²) in [4.78, 5) is 17.4. The lowest BCUT2D eigenvalue weighted by Gasteiger charge is -2.20. The van der Waals surface area contributed by atoms with Crippen LogP contribution in [0.4, 0.5) is 5.82 Å². The minimum absolute atomic E-state index is 0.166. The molecular formula is C14H14N2O4. The molecule has 0 unspecified atom stereocenters. The van der Waals surface area contributed by atoms with Crippen LogP contribution in [0.3, 0.4) is 0 Å². The van der Waals surface area contributed by atoms with Crippen molar-refractivity contribution in [2.75, 3.05) is 32.2 Å². The molecule has 20 heavy (non-hydrogen) atoms. The average Bonchev–Trinajstić information content (AvgIpc) is 2.43. The van der Waals surface area contributed by atoms with Gasteiger partial charge < -0.3 is 19.5 Å². The quantitative estimate of drug-likeness (QED) is 0.899. The number of ether oxygens (including phenoxy) is 2. The second kappa shape index (κ2) is 4.56. The van der Waals surface area contributed by atoms with E-state index in [-0.39, 0.29) is 5.56 Å². The molecule has 2 aromatic rings. The maximum Gasteiger partial charge on any atom is 0.339 e. The Morgan fingerprint density at radius 1 is 1.20 bits per heavy atom. The molecule has 0 radical (unpaired) electrons. The van der Waals surface area contributed by atoms with Crippen LogP contribution in [0.5, 0.6) is 11.5 Å². The number of carboxylic acid groups (broad SMARTS) is 1. The first kappa shape index (κ1) is 12.5. The van der Waals surface area contributed by atoms with E-state index in [1.807, 2.05) is 0 Å². The fraction of sp³-hybridized carbons (Fsp3) is 0.286. The summed E-state index contributed by atoms with van der Waals surface area (Å²) in [6.45, 7) is 1.000. The van der Waals surface area contributed by atoms with Crippen molar-refractivity contribution in [3.8, 4) is 11.5 Å². The zero-order chi connectivity index (χ0) is 14.3. The first-order valence-electron chi connectivity index (χ1n) is 6.21. The minimum Gasteiger partial charge on any atom is -0.486 e. The number of nitrogens with zero attached hydrogens (tertiary/aromatic N) is 2. The Kier molecular flexibility index (Phi) is 2.85. The highest BCUT2D eigenvalue weighted by Gasteiger charge is 2.18. The zero-order valence-electron chi connectivity index (χ0n) is 11.2. The number of rotatable bonds is 2. The van der Waals surface area contributed by atoms with Gasteiger partial charge in [0.1, 0.15) is 24.6 Å². The number of carboxylic acids is 1. The lowest BCUT2D eigenvalue weighted by atomic mass is 10.1. The van der Waals surface area contributed by atoms with Gasteiger partial charge in [0, 0.05) is 25.5 Å². The summed E-state index contributed by atoms with van der Waals surface area (Å²) in [6, 6.07) is 5.16. The summed E-state index contributed by atoms with van der Waals surface area (Å²) in [5, 5.41) is 10.0. The van der Waals surface area contributed by atoms with Gasteiger partial charge in [-0.2, -0.15) is 0 Å². The van der Waals surface area contributed by atoms with Gasteiger partial charge in [-0.1, -0.05) is 0 Å². The van der Waals surface area contributed by atoms with Gasteiger partial charge >= 0.3 is 5.97 Å². The highest BCUT2D eigenvalue weighted by molar-refractivity contribution is 5.98. The molecule has 2 heterocycles. The highest BCUT2D eigenvalue weighted by atomic mass is 16.6. The van der Waals surface area contributed by atoms with Crippen molar-refractivity contribution in [1.82, 2.24) is 4.98 Å². The van der Waals surface area contributed by atoms with Gasteiger partial charge in [-0.3, -0.25) is 0 Å². The van der Waals surface area contributed by atoms with Gasteiger partial charge in [-0.05, 0) is 12.1 Å². The third-order valence-corrected chi connectivity index (χ3v) is 3.11. The molecule has 0 spiro atoms. The van der Waals surface area contributed by atoms with E-state index in [2.05, 4.69) is 4.98 Å². The average molecular weight is 274 g/mol. The van der Waals surface area contributed by atoms with Gasteiger partial charge in [0.2, 0.25) is 0 Å². The fourth-order valence-electron chi connectivity index (χ4n) is 2.20. The van der Waals surface area contributed by atoms with Crippen molar-refractivity contribution in [2.24, 2.45) is 0 Å². The van der Waals surface area contributed by atoms with E-state index in [1.54, 1.807) is 37.2 Å². The molecule has 104 valence electrons. The molecule has 0 bridgehead atoms. The molecule has 6 nitrogen and oxygen atoms in total. The molecule has 0 fully saturated rings. The van der Waals surface area contributed by atoms with Crippen LogP contribution in [-0.4, -0.2) is 43.4 Å². The smallest absolute Gasteiger partial charge is 0.339 e. The number of hydrogen-bond donors (Lipinski definition) is 1. The van der Waals surface area contributed by atoms with E-state index in [1.165, 1.54) is 0 Å². The Hall–Kier alpha value is -2.50. The predicted molar refractivity (Wildman–Crippen MR) is 74.0 cm³/mol. The number of aromatic nitrogens is 1. The van der Waals surface area contributed by atoms with Crippen LogP contribution >= 0.6 is 0 Å². The van der Waals surface area contributed by atoms with E-state index in [9.17, 15) is 9.90 Å². The lowest BCUT2D eigenvalue weighted by molar-refractivity contribution is 0.0697. The van der Waals surface area contributed by atoms with Crippen molar-refractivity contribution in [3.05, 3.63) is 23.8 Å². The topological polar surface area (TPSA) is 71.9 Å². The number of pyridine rings is 1. The molecule has 1 aliphatic heterocycles. The van der Waals surface area contributed by atoms with Crippen LogP contribution in [0.15, 0.2) is 18.2 Å². The summed E-state index contributed by atoms with van der Waals surface area (Å²) in [7, 11) is 3.53. The number of aromatic carboxylic acids is 1. The van der Waals surface area contributed by atoms with Crippen LogP contribution in [-0.2, 0) is 0 Å². The molecule has 1 N–H and O–H groups in total. The summed E-state index contributed by atoms with van der Waals surface area (Å²) in [6.07, 6.45) is 0. The molecule has 0 amide bonds. The van der Waals surface area contributed by atoms with Crippen LogP contribution < -0.4 is 14.4 Å². The Morgan fingerprint density at radius 3 is 2.45 bits per heavy atom. The number of fused-ring (bicyclic) bond motifs is 2. The Bertz CT molecular complexity index is 697. The standard InChI is InChI=1S/C14H14N2O4/c1-16(2)13-9(14(17)18)5-8-6-11-12(7-10(8)15-13)20-4-3-19-11/h5-7H,3-4H2,1-2H3,(H,17,18). The van der Waals surface area contributed by atoms with E-state index >= 15 is 0 Å². The Labute approximate surface area is 115 Å². The number of hydrogen-bond acceptors (Lipinski definition) is 5. The first-order chi connectivity index (χ1) is 9.56. The number of benzene rings is 1. The van der Waals surface area contributed by atoms with Gasteiger partial charge in [0.15, 0.2) is 11.5 Å². The maximum atomic E-state index is 11.3. The second-order valence-electron chi connectivity index (χ2n) is 4.75. The molecule has 1 aliphatic rings. The molecule has 0 saturated heterocycles. The monoisotopic (exact) mass is 274 g/mol. The minimum atomic E-state index is -1.00. The SMILES string of the molecule is CN(C)c1nc2cc3c(cc2cc1C(=O)O)OCCO3. The fourth-order valence-corrected chi connectivity index (χ4v) is 2.20. The third-order valence-electron chi connectivity index (χ3n) is 3.11. The van der Waals surface area contributed by atoms with E-state index in [0.29, 0.717) is 36.0 Å². The normalized spacial score (nSPS) is 13.3. The Morgan fingerprint density at radius 2 is 1.85 bits per heavy atom. The van der Waals surface area contributed by atoms with Crippen molar-refractivity contribution in [3.63, 3.8) is 0 Å². The van der Waals surface area contributed by atoms with Crippen molar-refractivity contribution < 1.29 is 19.4 Å². The summed E-state index contributed by atoms with van der Waals surface area (Å²) in [5.41, 5.74) is 0.849. The van der Waals surface area contributed by atoms with Crippen LogP contribution in [0.2, 0.25) is 0 Å². The summed E-state index contributed by atoms with van der Waals surface area (Å²) < 4.78 is 11.0. The number of carbonyl (C=O) groups is 1. The highest BCUT2D eigenvalue weighted by Crippen LogP contribution is 2.35. The third kappa shape index (κ3) is 1.99. The summed E-state index contributed by atoms with van der Waals surface area (Å²) in [5.74, 6) is 0.684. The van der Waals surface area contributed by atoms with Crippen LogP contribution in [0, 0.1) is 0 Å². The predicted octanol–water partition coefficient (Wildman–Crippen LogP) is 1.77. The van der Waals surface area contributed by atoms with Gasteiger partial charge in [0.25, 0.3) is 0 Å². The van der Waals surface area contributed by atoms with Gasteiger partial charge in [-0.15, -0.1) is 0 Å². The molecule has 6 heteroatoms. The van der Waals surface area contributed by atoms with Crippen molar-refractivity contribution >= 4 is 22.7 Å². The van der Waals surface area contributed by atoms with E-state index < -0.39 is 5.97 Å². The molecule has 1 aromatic heterocycles. The molecule has 0 aliphatic carbocycles. The Balaban J connectivity index is 2.25.